The van der Waals surface area contributed by atoms with E-state index >= 15 is 0 Å². The predicted octanol–water partition coefficient (Wildman–Crippen LogP) is 8.28. The van der Waals surface area contributed by atoms with Crippen molar-refractivity contribution in [1.29, 1.82) is 0 Å². The van der Waals surface area contributed by atoms with Gasteiger partial charge >= 0.3 is 0 Å². The molecule has 112 valence electrons. The van der Waals surface area contributed by atoms with Gasteiger partial charge in [-0.25, -0.2) is 0 Å². The summed E-state index contributed by atoms with van der Waals surface area (Å²) in [4.78, 5) is 0. The van der Waals surface area contributed by atoms with Crippen molar-refractivity contribution in [2.24, 2.45) is 0 Å². The van der Waals surface area contributed by atoms with Crippen LogP contribution in [0, 0.1) is 0 Å². The normalized spacial score (nSPS) is 19.6. The standard InChI is InChI=1S/C5Cl6.C2Cl6/c6-1-2(7)4(9)5(10,11)3(1)8;3-1(4,5)2(6,7)8. The number of halogens is 12. The maximum Gasteiger partial charge on any atom is 0.236 e. The van der Waals surface area contributed by atoms with Gasteiger partial charge in [0.05, 0.1) is 20.1 Å². The van der Waals surface area contributed by atoms with Crippen LogP contribution in [0.25, 0.3) is 0 Å². The lowest BCUT2D eigenvalue weighted by atomic mass is 10.4. The molecule has 0 aliphatic heterocycles. The monoisotopic (exact) mass is 504 g/mol. The van der Waals surface area contributed by atoms with Crippen LogP contribution in [0.3, 0.4) is 0 Å². The quantitative estimate of drug-likeness (QED) is 0.288. The first-order chi connectivity index (χ1) is 8.14. The lowest BCUT2D eigenvalue weighted by molar-refractivity contribution is 1.10. The van der Waals surface area contributed by atoms with Crippen molar-refractivity contribution in [3.63, 3.8) is 0 Å². The molecule has 0 aromatic carbocycles. The minimum atomic E-state index is -1.85. The molecule has 0 saturated heterocycles. The molecule has 0 radical (unpaired) electrons. The van der Waals surface area contributed by atoms with Crippen molar-refractivity contribution in [2.75, 3.05) is 0 Å². The van der Waals surface area contributed by atoms with Gasteiger partial charge in [0.25, 0.3) is 0 Å². The van der Waals surface area contributed by atoms with E-state index in [0.29, 0.717) is 0 Å². The third-order valence-electron chi connectivity index (χ3n) is 1.45. The average Bonchev–Trinajstić information content (AvgIpc) is 2.33. The summed E-state index contributed by atoms with van der Waals surface area (Å²) in [5.41, 5.74) is 0. The summed E-state index contributed by atoms with van der Waals surface area (Å²) in [6.07, 6.45) is 0. The first-order valence-electron chi connectivity index (χ1n) is 3.77. The molecule has 0 nitrogen and oxygen atoms in total. The summed E-state index contributed by atoms with van der Waals surface area (Å²) in [5, 5.41) is 0.279. The van der Waals surface area contributed by atoms with E-state index in [0.717, 1.165) is 0 Å². The SMILES string of the molecule is ClC(Cl)(Cl)C(Cl)(Cl)Cl.ClC1=C(Cl)C(Cl)(Cl)C(Cl)=C1Cl. The molecule has 0 aromatic heterocycles. The lowest BCUT2D eigenvalue weighted by Crippen LogP contribution is -2.23. The molecular formula is C7Cl12. The lowest BCUT2D eigenvalue weighted by Gasteiger charge is -2.19. The van der Waals surface area contributed by atoms with Crippen LogP contribution in [-0.2, 0) is 0 Å². The number of hydrogen-bond acceptors (Lipinski definition) is 0. The van der Waals surface area contributed by atoms with Gasteiger partial charge in [-0.1, -0.05) is 139 Å². The number of allylic oxidation sites excluding steroid dienone is 4. The van der Waals surface area contributed by atoms with Crippen LogP contribution in [-0.4, -0.2) is 11.9 Å². The van der Waals surface area contributed by atoms with Crippen molar-refractivity contribution >= 4 is 139 Å². The van der Waals surface area contributed by atoms with Gasteiger partial charge in [0.2, 0.25) is 7.59 Å². The van der Waals surface area contributed by atoms with E-state index in [9.17, 15) is 0 Å². The largest absolute Gasteiger partial charge is 0.236 e. The fourth-order valence-electron chi connectivity index (χ4n) is 0.565. The molecule has 19 heavy (non-hydrogen) atoms. The predicted molar refractivity (Wildman–Crippen MR) is 92.5 cm³/mol. The molecule has 0 atom stereocenters. The number of hydrogen-bond donors (Lipinski definition) is 0. The molecule has 0 spiro atoms. The molecule has 0 fully saturated rings. The van der Waals surface area contributed by atoms with E-state index in [4.69, 9.17) is 139 Å². The third kappa shape index (κ3) is 5.83. The van der Waals surface area contributed by atoms with E-state index in [1.165, 1.54) is 0 Å². The van der Waals surface area contributed by atoms with Crippen molar-refractivity contribution < 1.29 is 0 Å². The van der Waals surface area contributed by atoms with E-state index in [2.05, 4.69) is 0 Å². The second-order valence-electron chi connectivity index (χ2n) is 2.83. The Morgan fingerprint density at radius 1 is 0.579 bits per heavy atom. The Morgan fingerprint density at radius 2 is 0.789 bits per heavy atom. The van der Waals surface area contributed by atoms with Gasteiger partial charge in [0.1, 0.15) is 0 Å². The minimum absolute atomic E-state index is 0.0394. The minimum Gasteiger partial charge on any atom is -0.0888 e. The zero-order chi connectivity index (χ0) is 15.8. The van der Waals surface area contributed by atoms with Gasteiger partial charge in [0.15, 0.2) is 4.33 Å². The summed E-state index contributed by atoms with van der Waals surface area (Å²) in [6, 6.07) is 0. The molecule has 0 N–H and O–H groups in total. The van der Waals surface area contributed by atoms with Crippen LogP contribution in [0.5, 0.6) is 0 Å². The third-order valence-corrected chi connectivity index (χ3v) is 7.16. The second kappa shape index (κ2) is 7.69. The Labute approximate surface area is 169 Å². The Bertz CT molecular complexity index is 367. The number of rotatable bonds is 0. The van der Waals surface area contributed by atoms with E-state index in [-0.39, 0.29) is 20.1 Å². The van der Waals surface area contributed by atoms with Crippen LogP contribution in [0.1, 0.15) is 0 Å². The van der Waals surface area contributed by atoms with Gasteiger partial charge < -0.3 is 0 Å². The first kappa shape index (κ1) is 22.0. The van der Waals surface area contributed by atoms with Crippen LogP contribution in [0.4, 0.5) is 0 Å². The Kier molecular flexibility index (Phi) is 8.88. The van der Waals surface area contributed by atoms with Crippen LogP contribution >= 0.6 is 139 Å². The highest BCUT2D eigenvalue weighted by Gasteiger charge is 2.44. The molecule has 1 aliphatic rings. The highest BCUT2D eigenvalue weighted by atomic mass is 35.6. The second-order valence-corrected chi connectivity index (χ2v) is 10.2. The molecule has 1 rings (SSSR count). The van der Waals surface area contributed by atoms with Crippen molar-refractivity contribution in [3.8, 4) is 0 Å². The smallest absolute Gasteiger partial charge is 0.0888 e. The molecule has 0 heterocycles. The Morgan fingerprint density at radius 3 is 0.842 bits per heavy atom. The van der Waals surface area contributed by atoms with Crippen molar-refractivity contribution in [1.82, 2.24) is 0 Å². The molecule has 12 heteroatoms. The summed E-state index contributed by atoms with van der Waals surface area (Å²) in [7, 11) is 0. The topological polar surface area (TPSA) is 0 Å². The van der Waals surface area contributed by atoms with Gasteiger partial charge in [-0.05, 0) is 0 Å². The van der Waals surface area contributed by atoms with E-state index in [1.807, 2.05) is 0 Å². The van der Waals surface area contributed by atoms with Crippen molar-refractivity contribution in [2.45, 2.75) is 11.9 Å². The maximum absolute atomic E-state index is 5.68. The molecule has 0 aromatic rings. The van der Waals surface area contributed by atoms with Gasteiger partial charge in [0, 0.05) is 0 Å². The summed E-state index contributed by atoms with van der Waals surface area (Å²) in [5.74, 6) is 0. The summed E-state index contributed by atoms with van der Waals surface area (Å²) < 4.78 is -5.17. The molecule has 0 unspecified atom stereocenters. The zero-order valence-corrected chi connectivity index (χ0v) is 17.1. The molecular weight excluding hydrogens is 510 g/mol. The van der Waals surface area contributed by atoms with Crippen LogP contribution in [0.15, 0.2) is 20.1 Å². The Hall–Kier alpha value is 2.96. The molecule has 0 saturated carbocycles. The van der Waals surface area contributed by atoms with E-state index < -0.39 is 11.9 Å². The number of alkyl halides is 8. The van der Waals surface area contributed by atoms with Gasteiger partial charge in [-0.15, -0.1) is 0 Å². The van der Waals surface area contributed by atoms with Crippen LogP contribution in [0.2, 0.25) is 0 Å². The zero-order valence-electron chi connectivity index (χ0n) is 8.04. The highest BCUT2D eigenvalue weighted by molar-refractivity contribution is 6.83. The maximum atomic E-state index is 5.68. The van der Waals surface area contributed by atoms with Crippen LogP contribution < -0.4 is 0 Å². The fourth-order valence-corrected chi connectivity index (χ4v) is 2.13. The molecule has 0 amide bonds. The average molecular weight is 510 g/mol. The molecule has 1 aliphatic carbocycles. The fraction of sp³-hybridized carbons (Fsp3) is 0.429. The highest BCUT2D eigenvalue weighted by Crippen LogP contribution is 2.53. The first-order valence-corrected chi connectivity index (χ1v) is 8.30. The summed E-state index contributed by atoms with van der Waals surface area (Å²) in [6.45, 7) is 0. The van der Waals surface area contributed by atoms with Crippen molar-refractivity contribution in [3.05, 3.63) is 20.1 Å². The van der Waals surface area contributed by atoms with Gasteiger partial charge in [-0.2, -0.15) is 0 Å². The Balaban J connectivity index is 0.000000362. The summed E-state index contributed by atoms with van der Waals surface area (Å²) >= 11 is 64.6. The molecule has 0 bridgehead atoms. The van der Waals surface area contributed by atoms with E-state index in [1.54, 1.807) is 0 Å². The van der Waals surface area contributed by atoms with Gasteiger partial charge in [-0.3, -0.25) is 0 Å².